The minimum absolute atomic E-state index is 0.0280. The first-order valence-corrected chi connectivity index (χ1v) is 8.94. The minimum atomic E-state index is 0.0280. The molecule has 1 aromatic carbocycles. The molecule has 0 spiro atoms. The number of carbonyl (C=O) groups is 1. The van der Waals surface area contributed by atoms with Gasteiger partial charge in [0.1, 0.15) is 0 Å². The van der Waals surface area contributed by atoms with Crippen molar-refractivity contribution in [2.45, 2.75) is 38.9 Å². The molecule has 2 aromatic rings. The number of nitrogens with one attached hydrogen (secondary N) is 1. The maximum Gasteiger partial charge on any atom is 0.318 e. The summed E-state index contributed by atoms with van der Waals surface area (Å²) in [6.45, 7) is 5.25. The number of hydrogen-bond donors (Lipinski definition) is 1. The Kier molecular flexibility index (Phi) is 5.58. The van der Waals surface area contributed by atoms with Gasteiger partial charge in [0.15, 0.2) is 0 Å². The number of carbonyl (C=O) groups excluding carboxylic acids is 1. The van der Waals surface area contributed by atoms with Crippen LogP contribution in [0.2, 0.25) is 0 Å². The number of amides is 2. The van der Waals surface area contributed by atoms with Gasteiger partial charge >= 0.3 is 6.03 Å². The standard InChI is InChI=1S/C19H27N5O/c1-16-13-22(2)18-8-4-3-7-17(18)14-24(16)19(25)21-9-5-6-11-23-12-10-20-15-23/h3-4,7-8,10,12,15-16H,5-6,9,11,13-14H2,1-2H3,(H,21,25). The largest absolute Gasteiger partial charge is 0.372 e. The number of urea groups is 1. The molecule has 1 aliphatic heterocycles. The first-order chi connectivity index (χ1) is 12.1. The summed E-state index contributed by atoms with van der Waals surface area (Å²) in [5.41, 5.74) is 2.41. The maximum absolute atomic E-state index is 12.7. The van der Waals surface area contributed by atoms with Crippen LogP contribution in [-0.4, -0.2) is 46.7 Å². The zero-order valence-corrected chi connectivity index (χ0v) is 15.1. The Morgan fingerprint density at radius 3 is 2.96 bits per heavy atom. The van der Waals surface area contributed by atoms with Crippen molar-refractivity contribution >= 4 is 11.7 Å². The summed E-state index contributed by atoms with van der Waals surface area (Å²) >= 11 is 0. The predicted molar refractivity (Wildman–Crippen MR) is 99.6 cm³/mol. The number of aryl methyl sites for hydroxylation is 1. The smallest absolute Gasteiger partial charge is 0.318 e. The second kappa shape index (κ2) is 8.05. The Morgan fingerprint density at radius 1 is 1.32 bits per heavy atom. The molecule has 25 heavy (non-hydrogen) atoms. The van der Waals surface area contributed by atoms with Gasteiger partial charge in [-0.25, -0.2) is 9.78 Å². The lowest BCUT2D eigenvalue weighted by molar-refractivity contribution is 0.178. The Morgan fingerprint density at radius 2 is 2.16 bits per heavy atom. The van der Waals surface area contributed by atoms with Crippen molar-refractivity contribution < 1.29 is 4.79 Å². The van der Waals surface area contributed by atoms with Crippen LogP contribution in [0.4, 0.5) is 10.5 Å². The third kappa shape index (κ3) is 4.32. The van der Waals surface area contributed by atoms with Gasteiger partial charge in [0.05, 0.1) is 6.33 Å². The number of likely N-dealkylation sites (N-methyl/N-ethyl adjacent to an activating group) is 1. The highest BCUT2D eigenvalue weighted by atomic mass is 16.2. The summed E-state index contributed by atoms with van der Waals surface area (Å²) in [5, 5.41) is 3.08. The van der Waals surface area contributed by atoms with E-state index in [4.69, 9.17) is 0 Å². The van der Waals surface area contributed by atoms with Gasteiger partial charge in [0.25, 0.3) is 0 Å². The van der Waals surface area contributed by atoms with Crippen LogP contribution in [0.15, 0.2) is 43.0 Å². The van der Waals surface area contributed by atoms with Crippen molar-refractivity contribution in [1.82, 2.24) is 19.8 Å². The zero-order valence-electron chi connectivity index (χ0n) is 15.1. The number of benzene rings is 1. The van der Waals surface area contributed by atoms with E-state index in [1.165, 1.54) is 11.3 Å². The molecule has 0 fully saturated rings. The van der Waals surface area contributed by atoms with Gasteiger partial charge in [-0.05, 0) is 31.4 Å². The van der Waals surface area contributed by atoms with E-state index in [1.807, 2.05) is 23.5 Å². The van der Waals surface area contributed by atoms with Crippen LogP contribution in [-0.2, 0) is 13.1 Å². The molecule has 1 aliphatic rings. The number of anilines is 1. The lowest BCUT2D eigenvalue weighted by atomic mass is 10.1. The average molecular weight is 341 g/mol. The van der Waals surface area contributed by atoms with E-state index in [2.05, 4.69) is 51.9 Å². The lowest BCUT2D eigenvalue weighted by Crippen LogP contribution is -2.47. The second-order valence-electron chi connectivity index (χ2n) is 6.73. The number of aromatic nitrogens is 2. The van der Waals surface area contributed by atoms with Gasteiger partial charge in [0.2, 0.25) is 0 Å². The molecule has 0 radical (unpaired) electrons. The molecular weight excluding hydrogens is 314 g/mol. The Balaban J connectivity index is 1.51. The molecular formula is C19H27N5O. The van der Waals surface area contributed by atoms with E-state index < -0.39 is 0 Å². The number of imidazole rings is 1. The normalized spacial score (nSPS) is 17.1. The topological polar surface area (TPSA) is 53.4 Å². The van der Waals surface area contributed by atoms with E-state index >= 15 is 0 Å². The van der Waals surface area contributed by atoms with Crippen molar-refractivity contribution in [2.24, 2.45) is 0 Å². The third-order valence-corrected chi connectivity index (χ3v) is 4.75. The molecule has 2 heterocycles. The number of hydrogen-bond acceptors (Lipinski definition) is 3. The molecule has 1 atom stereocenters. The molecule has 1 unspecified atom stereocenters. The summed E-state index contributed by atoms with van der Waals surface area (Å²) in [4.78, 5) is 20.9. The van der Waals surface area contributed by atoms with Gasteiger partial charge in [-0.3, -0.25) is 0 Å². The van der Waals surface area contributed by atoms with Gasteiger partial charge in [-0.1, -0.05) is 18.2 Å². The average Bonchev–Trinajstić information content (AvgIpc) is 3.08. The first kappa shape index (κ1) is 17.3. The maximum atomic E-state index is 12.7. The molecule has 2 amide bonds. The molecule has 3 rings (SSSR count). The van der Waals surface area contributed by atoms with Gasteiger partial charge in [0, 0.05) is 57.3 Å². The van der Waals surface area contributed by atoms with Crippen LogP contribution >= 0.6 is 0 Å². The summed E-state index contributed by atoms with van der Waals surface area (Å²) < 4.78 is 2.06. The highest BCUT2D eigenvalue weighted by Crippen LogP contribution is 2.25. The fourth-order valence-corrected chi connectivity index (χ4v) is 3.36. The number of para-hydroxylation sites is 1. The minimum Gasteiger partial charge on any atom is -0.372 e. The highest BCUT2D eigenvalue weighted by Gasteiger charge is 2.26. The number of nitrogens with zero attached hydrogens (tertiary/aromatic N) is 4. The SMILES string of the molecule is CC1CN(C)c2ccccc2CN1C(=O)NCCCCn1ccnc1. The molecule has 1 N–H and O–H groups in total. The van der Waals surface area contributed by atoms with E-state index in [0.29, 0.717) is 13.1 Å². The Bertz CT molecular complexity index is 685. The Hall–Kier alpha value is -2.50. The molecule has 134 valence electrons. The molecule has 0 aliphatic carbocycles. The van der Waals surface area contributed by atoms with E-state index in [-0.39, 0.29) is 12.1 Å². The first-order valence-electron chi connectivity index (χ1n) is 8.94. The van der Waals surface area contributed by atoms with Crippen LogP contribution in [0, 0.1) is 0 Å². The van der Waals surface area contributed by atoms with Crippen LogP contribution in [0.3, 0.4) is 0 Å². The van der Waals surface area contributed by atoms with Crippen molar-refractivity contribution in [2.75, 3.05) is 25.0 Å². The molecule has 0 saturated carbocycles. The monoisotopic (exact) mass is 341 g/mol. The summed E-state index contributed by atoms with van der Waals surface area (Å²) in [6, 6.07) is 8.52. The summed E-state index contributed by atoms with van der Waals surface area (Å²) in [6.07, 6.45) is 7.56. The lowest BCUT2D eigenvalue weighted by Gasteiger charge is -2.28. The van der Waals surface area contributed by atoms with Gasteiger partial charge in [-0.2, -0.15) is 0 Å². The summed E-state index contributed by atoms with van der Waals surface area (Å²) in [5.74, 6) is 0. The molecule has 6 heteroatoms. The zero-order chi connectivity index (χ0) is 17.6. The highest BCUT2D eigenvalue weighted by molar-refractivity contribution is 5.75. The van der Waals surface area contributed by atoms with Crippen LogP contribution in [0.1, 0.15) is 25.3 Å². The van der Waals surface area contributed by atoms with Crippen LogP contribution in [0.5, 0.6) is 0 Å². The van der Waals surface area contributed by atoms with Gasteiger partial charge < -0.3 is 19.7 Å². The third-order valence-electron chi connectivity index (χ3n) is 4.75. The van der Waals surface area contributed by atoms with E-state index in [9.17, 15) is 4.79 Å². The van der Waals surface area contributed by atoms with Crippen LogP contribution in [0.25, 0.3) is 0 Å². The number of fused-ring (bicyclic) bond motifs is 1. The fourth-order valence-electron chi connectivity index (χ4n) is 3.36. The molecule has 1 aromatic heterocycles. The van der Waals surface area contributed by atoms with Crippen molar-refractivity contribution in [3.8, 4) is 0 Å². The number of unbranched alkanes of at least 4 members (excludes halogenated alkanes) is 1. The van der Waals surface area contributed by atoms with Gasteiger partial charge in [-0.15, -0.1) is 0 Å². The quantitative estimate of drug-likeness (QED) is 0.851. The number of rotatable bonds is 5. The summed E-state index contributed by atoms with van der Waals surface area (Å²) in [7, 11) is 2.09. The van der Waals surface area contributed by atoms with E-state index in [1.54, 1.807) is 6.20 Å². The van der Waals surface area contributed by atoms with Crippen molar-refractivity contribution in [3.05, 3.63) is 48.5 Å². The fraction of sp³-hybridized carbons (Fsp3) is 0.474. The predicted octanol–water partition coefficient (Wildman–Crippen LogP) is 2.71. The molecule has 0 bridgehead atoms. The van der Waals surface area contributed by atoms with Crippen LogP contribution < -0.4 is 10.2 Å². The molecule has 6 nitrogen and oxygen atoms in total. The van der Waals surface area contributed by atoms with Crippen molar-refractivity contribution in [3.63, 3.8) is 0 Å². The second-order valence-corrected chi connectivity index (χ2v) is 6.73. The van der Waals surface area contributed by atoms with E-state index in [0.717, 1.165) is 25.9 Å². The van der Waals surface area contributed by atoms with Crippen molar-refractivity contribution in [1.29, 1.82) is 0 Å². The molecule has 0 saturated heterocycles. The Labute approximate surface area is 149 Å².